The van der Waals surface area contributed by atoms with Crippen LogP contribution in [0.1, 0.15) is 26.2 Å². The number of carbonyl (C=O) groups is 1. The van der Waals surface area contributed by atoms with E-state index in [1.807, 2.05) is 18.7 Å². The summed E-state index contributed by atoms with van der Waals surface area (Å²) in [5, 5.41) is 3.75. The lowest BCUT2D eigenvalue weighted by molar-refractivity contribution is 0.144. The van der Waals surface area contributed by atoms with Crippen LogP contribution in [0.5, 0.6) is 0 Å². The van der Waals surface area contributed by atoms with Gasteiger partial charge in [0.25, 0.3) is 0 Å². The number of fused-ring (bicyclic) bond motifs is 2. The van der Waals surface area contributed by atoms with Gasteiger partial charge >= 0.3 is 6.09 Å². The lowest BCUT2D eigenvalue weighted by Crippen LogP contribution is -2.42. The summed E-state index contributed by atoms with van der Waals surface area (Å²) < 4.78 is 4.92. The van der Waals surface area contributed by atoms with E-state index in [1.54, 1.807) is 0 Å². The molecule has 2 bridgehead atoms. The topological polar surface area (TPSA) is 38.3 Å². The van der Waals surface area contributed by atoms with Gasteiger partial charge in [0.05, 0.1) is 6.61 Å². The molecule has 4 atom stereocenters. The Morgan fingerprint density at radius 1 is 1.47 bits per heavy atom. The third kappa shape index (κ3) is 2.25. The summed E-state index contributed by atoms with van der Waals surface area (Å²) >= 11 is 1.95. The van der Waals surface area contributed by atoms with Crippen molar-refractivity contribution in [3.8, 4) is 0 Å². The fourth-order valence-corrected chi connectivity index (χ4v) is 4.16. The maximum atomic E-state index is 11.3. The van der Waals surface area contributed by atoms with Crippen LogP contribution in [0, 0.1) is 11.8 Å². The zero-order chi connectivity index (χ0) is 10.8. The average Bonchev–Trinajstić information content (AvgIpc) is 2.76. The minimum absolute atomic E-state index is 0.241. The van der Waals surface area contributed by atoms with Crippen LogP contribution in [0.4, 0.5) is 4.79 Å². The van der Waals surface area contributed by atoms with Crippen LogP contribution < -0.4 is 5.32 Å². The number of carbonyl (C=O) groups excluding carboxylic acids is 1. The van der Waals surface area contributed by atoms with Crippen molar-refractivity contribution < 1.29 is 9.53 Å². The molecule has 2 saturated carbocycles. The quantitative estimate of drug-likeness (QED) is 0.806. The molecule has 2 rings (SSSR count). The number of ether oxygens (including phenoxy) is 1. The molecule has 0 aromatic rings. The molecule has 0 saturated heterocycles. The maximum Gasteiger partial charge on any atom is 0.407 e. The van der Waals surface area contributed by atoms with Crippen molar-refractivity contribution in [2.24, 2.45) is 11.8 Å². The van der Waals surface area contributed by atoms with E-state index in [-0.39, 0.29) is 6.09 Å². The number of thioether (sulfide) groups is 1. The Morgan fingerprint density at radius 2 is 2.27 bits per heavy atom. The van der Waals surface area contributed by atoms with Gasteiger partial charge in [0.15, 0.2) is 0 Å². The molecule has 4 heteroatoms. The van der Waals surface area contributed by atoms with Gasteiger partial charge in [0.1, 0.15) is 0 Å². The zero-order valence-corrected chi connectivity index (χ0v) is 10.2. The highest BCUT2D eigenvalue weighted by Gasteiger charge is 2.46. The third-order valence-electron chi connectivity index (χ3n) is 3.63. The van der Waals surface area contributed by atoms with E-state index in [4.69, 9.17) is 4.74 Å². The van der Waals surface area contributed by atoms with Crippen molar-refractivity contribution in [2.75, 3.05) is 12.9 Å². The summed E-state index contributed by atoms with van der Waals surface area (Å²) in [6, 6.07) is 0.361. The zero-order valence-electron chi connectivity index (χ0n) is 9.36. The number of rotatable bonds is 3. The van der Waals surface area contributed by atoms with Crippen LogP contribution in [0.25, 0.3) is 0 Å². The molecule has 3 nitrogen and oxygen atoms in total. The molecule has 0 aromatic heterocycles. The molecule has 0 heterocycles. The second-order valence-electron chi connectivity index (χ2n) is 4.48. The standard InChI is InChI=1S/C11H19NO2S/c1-3-14-11(13)12-9-5-7-4-8(9)10(6-7)15-2/h7-10H,3-6H2,1-2H3,(H,12,13)/t7-,8+,9-,10+/m0/s1. The van der Waals surface area contributed by atoms with E-state index in [0.29, 0.717) is 18.6 Å². The Balaban J connectivity index is 1.87. The fourth-order valence-electron chi connectivity index (χ4n) is 3.05. The van der Waals surface area contributed by atoms with Crippen LogP contribution in [0.15, 0.2) is 0 Å². The summed E-state index contributed by atoms with van der Waals surface area (Å²) in [6.45, 7) is 2.30. The van der Waals surface area contributed by atoms with Gasteiger partial charge in [0, 0.05) is 11.3 Å². The van der Waals surface area contributed by atoms with Gasteiger partial charge in [0.2, 0.25) is 0 Å². The van der Waals surface area contributed by atoms with Crippen LogP contribution in [-0.4, -0.2) is 30.2 Å². The molecular weight excluding hydrogens is 210 g/mol. The van der Waals surface area contributed by atoms with Crippen molar-refractivity contribution in [1.82, 2.24) is 5.32 Å². The van der Waals surface area contributed by atoms with Crippen LogP contribution in [0.2, 0.25) is 0 Å². The number of nitrogens with one attached hydrogen (secondary N) is 1. The smallest absolute Gasteiger partial charge is 0.407 e. The summed E-state index contributed by atoms with van der Waals surface area (Å²) in [5.41, 5.74) is 0. The molecule has 2 fully saturated rings. The van der Waals surface area contributed by atoms with Gasteiger partial charge in [-0.25, -0.2) is 4.79 Å². The number of amides is 1. The molecule has 0 spiro atoms. The van der Waals surface area contributed by atoms with Gasteiger partial charge in [-0.15, -0.1) is 0 Å². The molecule has 15 heavy (non-hydrogen) atoms. The first-order valence-corrected chi connectivity index (χ1v) is 6.99. The molecule has 86 valence electrons. The highest BCUT2D eigenvalue weighted by atomic mass is 32.2. The Bertz CT molecular complexity index is 247. The van der Waals surface area contributed by atoms with Gasteiger partial charge in [-0.05, 0) is 44.3 Å². The SMILES string of the molecule is CCOC(=O)N[C@H]1C[C@@H]2C[C@H]1[C@H](SC)C2. The lowest BCUT2D eigenvalue weighted by atomic mass is 9.95. The Hall–Kier alpha value is -0.380. The maximum absolute atomic E-state index is 11.3. The minimum Gasteiger partial charge on any atom is -0.450 e. The predicted octanol–water partition coefficient (Wildman–Crippen LogP) is 2.26. The monoisotopic (exact) mass is 229 g/mol. The molecular formula is C11H19NO2S. The van der Waals surface area contributed by atoms with Crippen LogP contribution >= 0.6 is 11.8 Å². The first-order chi connectivity index (χ1) is 7.24. The van der Waals surface area contributed by atoms with E-state index in [1.165, 1.54) is 12.8 Å². The van der Waals surface area contributed by atoms with Crippen LogP contribution in [-0.2, 0) is 4.74 Å². The molecule has 2 aliphatic rings. The first kappa shape index (κ1) is 11.1. The largest absolute Gasteiger partial charge is 0.450 e. The second kappa shape index (κ2) is 4.64. The molecule has 1 amide bonds. The summed E-state index contributed by atoms with van der Waals surface area (Å²) in [4.78, 5) is 11.3. The normalized spacial score (nSPS) is 38.0. The number of hydrogen-bond acceptors (Lipinski definition) is 3. The highest BCUT2D eigenvalue weighted by Crippen LogP contribution is 2.48. The minimum atomic E-state index is -0.241. The molecule has 0 aromatic carbocycles. The van der Waals surface area contributed by atoms with E-state index >= 15 is 0 Å². The molecule has 0 aliphatic heterocycles. The number of alkyl carbamates (subject to hydrolysis) is 1. The van der Waals surface area contributed by atoms with Crippen molar-refractivity contribution in [1.29, 1.82) is 0 Å². The van der Waals surface area contributed by atoms with Crippen molar-refractivity contribution in [2.45, 2.75) is 37.5 Å². The average molecular weight is 229 g/mol. The Labute approximate surface area is 95.3 Å². The summed E-state index contributed by atoms with van der Waals surface area (Å²) in [6.07, 6.45) is 5.72. The van der Waals surface area contributed by atoms with Crippen molar-refractivity contribution >= 4 is 17.9 Å². The molecule has 2 aliphatic carbocycles. The van der Waals surface area contributed by atoms with Crippen molar-refractivity contribution in [3.63, 3.8) is 0 Å². The Kier molecular flexibility index (Phi) is 3.44. The van der Waals surface area contributed by atoms with Gasteiger partial charge in [-0.1, -0.05) is 0 Å². The van der Waals surface area contributed by atoms with E-state index in [2.05, 4.69) is 11.6 Å². The van der Waals surface area contributed by atoms with Crippen LogP contribution in [0.3, 0.4) is 0 Å². The fraction of sp³-hybridized carbons (Fsp3) is 0.909. The summed E-state index contributed by atoms with van der Waals surface area (Å²) in [5.74, 6) is 1.51. The predicted molar refractivity (Wildman–Crippen MR) is 62.1 cm³/mol. The van der Waals surface area contributed by atoms with Gasteiger partial charge < -0.3 is 10.1 Å². The first-order valence-electron chi connectivity index (χ1n) is 5.70. The summed E-state index contributed by atoms with van der Waals surface area (Å²) in [7, 11) is 0. The molecule has 0 radical (unpaired) electrons. The molecule has 0 unspecified atom stereocenters. The van der Waals surface area contributed by atoms with E-state index in [0.717, 1.165) is 17.6 Å². The second-order valence-corrected chi connectivity index (χ2v) is 5.56. The molecule has 1 N–H and O–H groups in total. The number of hydrogen-bond donors (Lipinski definition) is 1. The van der Waals surface area contributed by atoms with E-state index in [9.17, 15) is 4.79 Å². The highest BCUT2D eigenvalue weighted by molar-refractivity contribution is 7.99. The van der Waals surface area contributed by atoms with Crippen molar-refractivity contribution in [3.05, 3.63) is 0 Å². The van der Waals surface area contributed by atoms with Gasteiger partial charge in [-0.3, -0.25) is 0 Å². The van der Waals surface area contributed by atoms with E-state index < -0.39 is 0 Å². The lowest BCUT2D eigenvalue weighted by Gasteiger charge is -2.28. The van der Waals surface area contributed by atoms with Gasteiger partial charge in [-0.2, -0.15) is 11.8 Å². The Morgan fingerprint density at radius 3 is 2.87 bits per heavy atom. The third-order valence-corrected chi connectivity index (χ3v) is 4.78.